The maximum atomic E-state index is 5.63. The third-order valence-electron chi connectivity index (χ3n) is 2.31. The van der Waals surface area contributed by atoms with Crippen LogP contribution in [-0.2, 0) is 9.47 Å². The topological polar surface area (TPSA) is 44.5 Å². The van der Waals surface area contributed by atoms with Crippen molar-refractivity contribution < 1.29 is 9.47 Å². The van der Waals surface area contributed by atoms with Crippen LogP contribution in [0, 0.1) is 0 Å². The van der Waals surface area contributed by atoms with E-state index in [0.717, 1.165) is 17.0 Å². The molecule has 0 atom stereocenters. The standard InChI is InChI=1S/C11H15NO2S/c1-2-11(13-7-8-14-11)15-10-5-3-9(12)4-6-10/h3-6H,2,7-8,12H2,1H3. The van der Waals surface area contributed by atoms with Crippen LogP contribution in [0.2, 0.25) is 0 Å². The number of rotatable bonds is 3. The Bertz CT molecular complexity index is 320. The lowest BCUT2D eigenvalue weighted by molar-refractivity contribution is -0.0776. The molecule has 0 aromatic heterocycles. The highest BCUT2D eigenvalue weighted by Crippen LogP contribution is 2.40. The molecule has 15 heavy (non-hydrogen) atoms. The van der Waals surface area contributed by atoms with Crippen molar-refractivity contribution in [2.45, 2.75) is 23.4 Å². The Balaban J connectivity index is 2.09. The van der Waals surface area contributed by atoms with Crippen molar-refractivity contribution in [3.05, 3.63) is 24.3 Å². The predicted octanol–water partition coefficient (Wildman–Crippen LogP) is 2.47. The van der Waals surface area contributed by atoms with Crippen LogP contribution in [0.15, 0.2) is 29.2 Å². The highest BCUT2D eigenvalue weighted by Gasteiger charge is 2.35. The van der Waals surface area contributed by atoms with Gasteiger partial charge in [-0.3, -0.25) is 0 Å². The average molecular weight is 225 g/mol. The van der Waals surface area contributed by atoms with Crippen molar-refractivity contribution in [1.29, 1.82) is 0 Å². The molecule has 0 aliphatic carbocycles. The molecule has 1 aromatic rings. The quantitative estimate of drug-likeness (QED) is 0.803. The summed E-state index contributed by atoms with van der Waals surface area (Å²) in [6, 6.07) is 7.76. The van der Waals surface area contributed by atoms with E-state index >= 15 is 0 Å². The van der Waals surface area contributed by atoms with Crippen molar-refractivity contribution in [2.24, 2.45) is 0 Å². The largest absolute Gasteiger partial charge is 0.399 e. The zero-order valence-electron chi connectivity index (χ0n) is 8.73. The lowest BCUT2D eigenvalue weighted by Gasteiger charge is -2.24. The molecule has 0 amide bonds. The fraction of sp³-hybridized carbons (Fsp3) is 0.455. The van der Waals surface area contributed by atoms with Gasteiger partial charge in [0.05, 0.1) is 13.2 Å². The molecule has 0 radical (unpaired) electrons. The van der Waals surface area contributed by atoms with Crippen molar-refractivity contribution in [3.8, 4) is 0 Å². The number of ether oxygens (including phenoxy) is 2. The number of nitrogens with two attached hydrogens (primary N) is 1. The Morgan fingerprint density at radius 2 is 1.87 bits per heavy atom. The van der Waals surface area contributed by atoms with E-state index in [1.54, 1.807) is 11.8 Å². The molecule has 0 unspecified atom stereocenters. The van der Waals surface area contributed by atoms with Crippen LogP contribution < -0.4 is 5.73 Å². The SMILES string of the molecule is CCC1(Sc2ccc(N)cc2)OCCO1. The predicted molar refractivity (Wildman–Crippen MR) is 61.6 cm³/mol. The monoisotopic (exact) mass is 225 g/mol. The van der Waals surface area contributed by atoms with Gasteiger partial charge in [0.25, 0.3) is 0 Å². The minimum Gasteiger partial charge on any atom is -0.399 e. The number of nitrogen functional groups attached to an aromatic ring is 1. The first kappa shape index (κ1) is 10.8. The first-order valence-electron chi connectivity index (χ1n) is 5.06. The van der Waals surface area contributed by atoms with Crippen molar-refractivity contribution in [3.63, 3.8) is 0 Å². The Morgan fingerprint density at radius 3 is 2.40 bits per heavy atom. The summed E-state index contributed by atoms with van der Waals surface area (Å²) in [6.45, 7) is 3.42. The zero-order chi connectivity index (χ0) is 10.7. The highest BCUT2D eigenvalue weighted by atomic mass is 32.2. The van der Waals surface area contributed by atoms with E-state index < -0.39 is 5.12 Å². The molecule has 0 saturated carbocycles. The first-order valence-corrected chi connectivity index (χ1v) is 5.88. The molecule has 4 heteroatoms. The van der Waals surface area contributed by atoms with E-state index in [0.29, 0.717) is 13.2 Å². The van der Waals surface area contributed by atoms with Crippen LogP contribution in [-0.4, -0.2) is 18.3 Å². The zero-order valence-corrected chi connectivity index (χ0v) is 9.55. The van der Waals surface area contributed by atoms with Gasteiger partial charge in [-0.1, -0.05) is 18.7 Å². The number of hydrogen-bond acceptors (Lipinski definition) is 4. The highest BCUT2D eigenvalue weighted by molar-refractivity contribution is 8.00. The summed E-state index contributed by atoms with van der Waals surface area (Å²) in [7, 11) is 0. The van der Waals surface area contributed by atoms with Gasteiger partial charge >= 0.3 is 0 Å². The molecular weight excluding hydrogens is 210 g/mol. The first-order chi connectivity index (χ1) is 7.24. The second-order valence-electron chi connectivity index (χ2n) is 3.40. The summed E-state index contributed by atoms with van der Waals surface area (Å²) in [5.41, 5.74) is 6.40. The normalized spacial score (nSPS) is 19.3. The Morgan fingerprint density at radius 1 is 1.27 bits per heavy atom. The van der Waals surface area contributed by atoms with E-state index in [2.05, 4.69) is 6.92 Å². The van der Waals surface area contributed by atoms with Crippen LogP contribution in [0.5, 0.6) is 0 Å². The molecule has 1 aliphatic rings. The third kappa shape index (κ3) is 2.45. The molecule has 2 N–H and O–H groups in total. The van der Waals surface area contributed by atoms with Gasteiger partial charge in [0, 0.05) is 17.0 Å². The van der Waals surface area contributed by atoms with Gasteiger partial charge in [-0.05, 0) is 24.3 Å². The van der Waals surface area contributed by atoms with E-state index in [-0.39, 0.29) is 0 Å². The van der Waals surface area contributed by atoms with Gasteiger partial charge < -0.3 is 15.2 Å². The number of anilines is 1. The van der Waals surface area contributed by atoms with Crippen molar-refractivity contribution in [2.75, 3.05) is 18.9 Å². The molecule has 1 aliphatic heterocycles. The second-order valence-corrected chi connectivity index (χ2v) is 4.70. The minimum absolute atomic E-state index is 0.490. The Hall–Kier alpha value is -0.710. The summed E-state index contributed by atoms with van der Waals surface area (Å²) in [6.07, 6.45) is 0.835. The molecule has 1 aromatic carbocycles. The van der Waals surface area contributed by atoms with Crippen molar-refractivity contribution in [1.82, 2.24) is 0 Å². The molecular formula is C11H15NO2S. The van der Waals surface area contributed by atoms with Crippen LogP contribution >= 0.6 is 11.8 Å². The van der Waals surface area contributed by atoms with Gasteiger partial charge in [-0.25, -0.2) is 0 Å². The van der Waals surface area contributed by atoms with Gasteiger partial charge in [-0.15, -0.1) is 0 Å². The molecule has 3 nitrogen and oxygen atoms in total. The van der Waals surface area contributed by atoms with Gasteiger partial charge in [0.15, 0.2) is 0 Å². The van der Waals surface area contributed by atoms with Crippen LogP contribution in [0.3, 0.4) is 0 Å². The maximum absolute atomic E-state index is 5.63. The molecule has 2 rings (SSSR count). The lowest BCUT2D eigenvalue weighted by atomic mass is 10.3. The molecule has 0 spiro atoms. The molecule has 0 bridgehead atoms. The van der Waals surface area contributed by atoms with Gasteiger partial charge in [0.2, 0.25) is 5.12 Å². The summed E-state index contributed by atoms with van der Waals surface area (Å²) >= 11 is 1.61. The Labute approximate surface area is 93.9 Å². The number of hydrogen-bond donors (Lipinski definition) is 1. The van der Waals surface area contributed by atoms with Crippen LogP contribution in [0.4, 0.5) is 5.69 Å². The van der Waals surface area contributed by atoms with Gasteiger partial charge in [-0.2, -0.15) is 0 Å². The van der Waals surface area contributed by atoms with E-state index in [1.807, 2.05) is 24.3 Å². The fourth-order valence-corrected chi connectivity index (χ4v) is 2.55. The molecule has 82 valence electrons. The average Bonchev–Trinajstić information content (AvgIpc) is 2.71. The third-order valence-corrected chi connectivity index (χ3v) is 3.66. The summed E-state index contributed by atoms with van der Waals surface area (Å²) in [5, 5.41) is -0.490. The fourth-order valence-electron chi connectivity index (χ4n) is 1.49. The molecule has 1 heterocycles. The van der Waals surface area contributed by atoms with E-state index in [1.165, 1.54) is 0 Å². The summed E-state index contributed by atoms with van der Waals surface area (Å²) < 4.78 is 11.3. The minimum atomic E-state index is -0.490. The van der Waals surface area contributed by atoms with E-state index in [9.17, 15) is 0 Å². The summed E-state index contributed by atoms with van der Waals surface area (Å²) in [4.78, 5) is 1.12. The molecule has 1 fully saturated rings. The maximum Gasteiger partial charge on any atom is 0.222 e. The van der Waals surface area contributed by atoms with Gasteiger partial charge in [0.1, 0.15) is 0 Å². The second kappa shape index (κ2) is 4.43. The Kier molecular flexibility index (Phi) is 3.19. The lowest BCUT2D eigenvalue weighted by Crippen LogP contribution is -2.23. The summed E-state index contributed by atoms with van der Waals surface area (Å²) in [5.74, 6) is 0. The molecule has 1 saturated heterocycles. The number of thioether (sulfide) groups is 1. The number of benzene rings is 1. The smallest absolute Gasteiger partial charge is 0.222 e. The van der Waals surface area contributed by atoms with E-state index in [4.69, 9.17) is 15.2 Å². The van der Waals surface area contributed by atoms with Crippen LogP contribution in [0.25, 0.3) is 0 Å². The van der Waals surface area contributed by atoms with Crippen molar-refractivity contribution >= 4 is 17.4 Å². The van der Waals surface area contributed by atoms with Crippen LogP contribution in [0.1, 0.15) is 13.3 Å².